The minimum Gasteiger partial charge on any atom is -0.338 e. The number of carbonyl (C=O) groups is 1. The Bertz CT molecular complexity index is 1360. The molecule has 0 bridgehead atoms. The van der Waals surface area contributed by atoms with Gasteiger partial charge in [-0.05, 0) is 55.2 Å². The SMILES string of the molecule is Cc1ccccc1-n1c(=O)/c(=C/c2ccc(Br)cc2)s/c1=C(/C#N)C(=O)N1CCCC1. The molecule has 2 aromatic carbocycles. The van der Waals surface area contributed by atoms with Crippen molar-refractivity contribution in [2.45, 2.75) is 19.8 Å². The van der Waals surface area contributed by atoms with E-state index in [0.717, 1.165) is 28.4 Å². The van der Waals surface area contributed by atoms with Crippen LogP contribution in [0.25, 0.3) is 17.3 Å². The number of rotatable bonds is 3. The topological polar surface area (TPSA) is 66.1 Å². The number of nitrogens with zero attached hydrogens (tertiary/aromatic N) is 3. The highest BCUT2D eigenvalue weighted by Gasteiger charge is 2.24. The third-order valence-corrected chi connectivity index (χ3v) is 6.90. The second kappa shape index (κ2) is 9.04. The van der Waals surface area contributed by atoms with Gasteiger partial charge in [-0.1, -0.05) is 46.3 Å². The predicted octanol–water partition coefficient (Wildman–Crippen LogP) is 3.10. The van der Waals surface area contributed by atoms with E-state index in [1.807, 2.05) is 55.5 Å². The maximum atomic E-state index is 13.5. The molecular formula is C24H20BrN3O2S. The summed E-state index contributed by atoms with van der Waals surface area (Å²) >= 11 is 4.60. The number of hydrogen-bond acceptors (Lipinski definition) is 4. The van der Waals surface area contributed by atoms with Gasteiger partial charge in [-0.3, -0.25) is 14.2 Å². The van der Waals surface area contributed by atoms with Gasteiger partial charge in [-0.15, -0.1) is 11.3 Å². The second-order valence-electron chi connectivity index (χ2n) is 7.38. The lowest BCUT2D eigenvalue weighted by Crippen LogP contribution is -2.35. The lowest BCUT2D eigenvalue weighted by Gasteiger charge is -2.14. The molecule has 156 valence electrons. The van der Waals surface area contributed by atoms with Gasteiger partial charge in [0.15, 0.2) is 5.57 Å². The summed E-state index contributed by atoms with van der Waals surface area (Å²) in [6, 6.07) is 17.2. The summed E-state index contributed by atoms with van der Waals surface area (Å²) in [6.45, 7) is 3.19. The van der Waals surface area contributed by atoms with E-state index in [-0.39, 0.29) is 17.0 Å². The molecule has 7 heteroatoms. The third kappa shape index (κ3) is 4.27. The first-order valence-electron chi connectivity index (χ1n) is 9.98. The molecule has 3 aromatic rings. The molecule has 4 rings (SSSR count). The van der Waals surface area contributed by atoms with Gasteiger partial charge in [0.2, 0.25) is 0 Å². The number of hydrogen-bond donors (Lipinski definition) is 0. The van der Waals surface area contributed by atoms with Crippen molar-refractivity contribution in [3.8, 4) is 11.8 Å². The zero-order chi connectivity index (χ0) is 22.0. The molecule has 1 fully saturated rings. The van der Waals surface area contributed by atoms with Gasteiger partial charge in [0, 0.05) is 17.6 Å². The van der Waals surface area contributed by atoms with Gasteiger partial charge in [0.25, 0.3) is 11.5 Å². The first-order valence-corrected chi connectivity index (χ1v) is 11.6. The number of likely N-dealkylation sites (tertiary alicyclic amines) is 1. The molecule has 5 nitrogen and oxygen atoms in total. The second-order valence-corrected chi connectivity index (χ2v) is 9.33. The maximum Gasteiger partial charge on any atom is 0.273 e. The highest BCUT2D eigenvalue weighted by molar-refractivity contribution is 9.10. The molecule has 2 heterocycles. The Balaban J connectivity index is 2.03. The van der Waals surface area contributed by atoms with Crippen LogP contribution in [-0.4, -0.2) is 28.5 Å². The molecule has 1 amide bonds. The standard InChI is InChI=1S/C24H20BrN3O2S/c1-16-6-2-3-7-20(16)28-23(30)21(14-17-8-10-18(25)11-9-17)31-24(28)19(15-26)22(29)27-12-4-5-13-27/h2-3,6-11,14H,4-5,12-13H2,1H3/b21-14-,24-19-. The Morgan fingerprint density at radius 1 is 1.13 bits per heavy atom. The number of aromatic nitrogens is 1. The first-order chi connectivity index (χ1) is 15.0. The van der Waals surface area contributed by atoms with Crippen LogP contribution in [0.5, 0.6) is 0 Å². The number of amides is 1. The summed E-state index contributed by atoms with van der Waals surface area (Å²) in [5, 5.41) is 9.91. The van der Waals surface area contributed by atoms with Crippen LogP contribution in [0.4, 0.5) is 0 Å². The van der Waals surface area contributed by atoms with Crippen molar-refractivity contribution in [1.29, 1.82) is 5.26 Å². The average Bonchev–Trinajstić information content (AvgIpc) is 3.40. The number of halogens is 1. The largest absolute Gasteiger partial charge is 0.338 e. The van der Waals surface area contributed by atoms with Crippen LogP contribution in [0, 0.1) is 18.3 Å². The lowest BCUT2D eigenvalue weighted by atomic mass is 10.2. The molecule has 1 saturated heterocycles. The molecule has 0 spiro atoms. The van der Waals surface area contributed by atoms with Crippen molar-refractivity contribution in [3.05, 3.63) is 83.7 Å². The monoisotopic (exact) mass is 493 g/mol. The number of para-hydroxylation sites is 1. The highest BCUT2D eigenvalue weighted by atomic mass is 79.9. The van der Waals surface area contributed by atoms with E-state index in [4.69, 9.17) is 0 Å². The van der Waals surface area contributed by atoms with E-state index in [0.29, 0.717) is 28.0 Å². The Labute approximate surface area is 192 Å². The summed E-state index contributed by atoms with van der Waals surface area (Å²) in [5.74, 6) is -0.307. The number of nitriles is 1. The highest BCUT2D eigenvalue weighted by Crippen LogP contribution is 2.14. The molecule has 0 aliphatic carbocycles. The van der Waals surface area contributed by atoms with Gasteiger partial charge in [-0.2, -0.15) is 5.26 Å². The molecule has 0 N–H and O–H groups in total. The normalized spacial score (nSPS) is 15.1. The molecule has 0 radical (unpaired) electrons. The van der Waals surface area contributed by atoms with E-state index < -0.39 is 0 Å². The lowest BCUT2D eigenvalue weighted by molar-refractivity contribution is -0.123. The Morgan fingerprint density at radius 2 is 1.81 bits per heavy atom. The smallest absolute Gasteiger partial charge is 0.273 e. The minimum atomic E-state index is -0.307. The molecule has 31 heavy (non-hydrogen) atoms. The van der Waals surface area contributed by atoms with Crippen molar-refractivity contribution >= 4 is 44.8 Å². The van der Waals surface area contributed by atoms with Gasteiger partial charge in [-0.25, -0.2) is 0 Å². The van der Waals surface area contributed by atoms with Gasteiger partial charge >= 0.3 is 0 Å². The van der Waals surface area contributed by atoms with E-state index in [2.05, 4.69) is 22.0 Å². The summed E-state index contributed by atoms with van der Waals surface area (Å²) in [7, 11) is 0. The summed E-state index contributed by atoms with van der Waals surface area (Å²) in [6.07, 6.45) is 3.66. The van der Waals surface area contributed by atoms with Crippen LogP contribution in [0.3, 0.4) is 0 Å². The molecule has 0 saturated carbocycles. The molecule has 1 aliphatic rings. The predicted molar refractivity (Wildman–Crippen MR) is 126 cm³/mol. The Hall–Kier alpha value is -2.95. The number of benzene rings is 2. The molecule has 0 atom stereocenters. The zero-order valence-electron chi connectivity index (χ0n) is 17.0. The van der Waals surface area contributed by atoms with Crippen LogP contribution in [0.1, 0.15) is 24.0 Å². The molecule has 1 aliphatic heterocycles. The quantitative estimate of drug-likeness (QED) is 0.562. The maximum absolute atomic E-state index is 13.5. The van der Waals surface area contributed by atoms with Crippen molar-refractivity contribution in [2.75, 3.05) is 13.1 Å². The third-order valence-electron chi connectivity index (χ3n) is 5.28. The van der Waals surface area contributed by atoms with Crippen LogP contribution in [0.2, 0.25) is 0 Å². The van der Waals surface area contributed by atoms with E-state index in [1.54, 1.807) is 11.0 Å². The fraction of sp³-hybridized carbons (Fsp3) is 0.208. The summed E-state index contributed by atoms with van der Waals surface area (Å²) in [5.41, 5.74) is 2.22. The van der Waals surface area contributed by atoms with Crippen molar-refractivity contribution in [2.24, 2.45) is 0 Å². The fourth-order valence-corrected chi connectivity index (χ4v) is 5.01. The van der Waals surface area contributed by atoms with Crippen LogP contribution < -0.4 is 14.8 Å². The summed E-state index contributed by atoms with van der Waals surface area (Å²) < 4.78 is 3.31. The van der Waals surface area contributed by atoms with E-state index in [9.17, 15) is 14.9 Å². The first kappa shape index (κ1) is 21.3. The fourth-order valence-electron chi connectivity index (χ4n) is 3.66. The van der Waals surface area contributed by atoms with E-state index in [1.165, 1.54) is 15.9 Å². The van der Waals surface area contributed by atoms with Gasteiger partial charge < -0.3 is 4.90 Å². The number of thiazole rings is 1. The van der Waals surface area contributed by atoms with Crippen LogP contribution in [-0.2, 0) is 4.79 Å². The zero-order valence-corrected chi connectivity index (χ0v) is 19.4. The van der Waals surface area contributed by atoms with Crippen molar-refractivity contribution in [1.82, 2.24) is 9.47 Å². The van der Waals surface area contributed by atoms with Gasteiger partial charge in [0.1, 0.15) is 10.7 Å². The number of carbonyl (C=O) groups excluding carboxylic acids is 1. The molecule has 0 unspecified atom stereocenters. The summed E-state index contributed by atoms with van der Waals surface area (Å²) in [4.78, 5) is 28.3. The Morgan fingerprint density at radius 3 is 2.45 bits per heavy atom. The molecule has 1 aromatic heterocycles. The van der Waals surface area contributed by atoms with Gasteiger partial charge in [0.05, 0.1) is 10.2 Å². The van der Waals surface area contributed by atoms with E-state index >= 15 is 0 Å². The van der Waals surface area contributed by atoms with Crippen molar-refractivity contribution in [3.63, 3.8) is 0 Å². The van der Waals surface area contributed by atoms with Crippen LogP contribution >= 0.6 is 27.3 Å². The number of aryl methyl sites for hydroxylation is 1. The average molecular weight is 494 g/mol. The Kier molecular flexibility index (Phi) is 6.21. The van der Waals surface area contributed by atoms with Crippen LogP contribution in [0.15, 0.2) is 57.8 Å². The minimum absolute atomic E-state index is 0.0164. The van der Waals surface area contributed by atoms with Crippen molar-refractivity contribution < 1.29 is 4.79 Å². The molecular weight excluding hydrogens is 474 g/mol.